The van der Waals surface area contributed by atoms with Crippen molar-refractivity contribution in [3.63, 3.8) is 0 Å². The lowest BCUT2D eigenvalue weighted by molar-refractivity contribution is -0.141. The minimum absolute atomic E-state index is 0.0451. The van der Waals surface area contributed by atoms with Crippen LogP contribution in [-0.2, 0) is 17.6 Å². The van der Waals surface area contributed by atoms with Crippen LogP contribution < -0.4 is 0 Å². The Labute approximate surface area is 132 Å². The summed E-state index contributed by atoms with van der Waals surface area (Å²) in [6.07, 6.45) is 0.334. The van der Waals surface area contributed by atoms with Crippen molar-refractivity contribution < 1.29 is 14.3 Å². The Morgan fingerprint density at radius 1 is 1.10 bits per heavy atom. The van der Waals surface area contributed by atoms with Crippen LogP contribution in [0, 0.1) is 11.7 Å². The van der Waals surface area contributed by atoms with Crippen molar-refractivity contribution in [1.29, 1.82) is 0 Å². The average Bonchev–Trinajstić information content (AvgIpc) is 2.43. The number of carboxylic acid groups (broad SMARTS) is 1. The monoisotopic (exact) mass is 326 g/mol. The molecule has 0 aliphatic carbocycles. The predicted molar refractivity (Wildman–Crippen MR) is 81.4 cm³/mol. The Morgan fingerprint density at radius 3 is 2.33 bits per heavy atom. The van der Waals surface area contributed by atoms with Gasteiger partial charge >= 0.3 is 5.97 Å². The van der Waals surface area contributed by atoms with Crippen molar-refractivity contribution in [2.75, 3.05) is 0 Å². The first kappa shape index (κ1) is 15.8. The summed E-state index contributed by atoms with van der Waals surface area (Å²) in [5.74, 6) is -2.21. The van der Waals surface area contributed by atoms with Gasteiger partial charge in [-0.25, -0.2) is 4.39 Å². The molecule has 0 aromatic heterocycles. The van der Waals surface area contributed by atoms with Gasteiger partial charge in [0.05, 0.1) is 5.92 Å². The number of rotatable bonds is 5. The Hall–Kier alpha value is -1.58. The number of carboxylic acids is 1. The van der Waals surface area contributed by atoms with Gasteiger partial charge in [-0.2, -0.15) is 0 Å². The maximum atomic E-state index is 13.8. The highest BCUT2D eigenvalue weighted by molar-refractivity contribution is 6.31. The number of carbonyl (C=O) groups is 1. The molecule has 2 aromatic carbocycles. The van der Waals surface area contributed by atoms with E-state index in [1.165, 1.54) is 12.1 Å². The minimum Gasteiger partial charge on any atom is -0.481 e. The van der Waals surface area contributed by atoms with E-state index in [0.29, 0.717) is 5.02 Å². The summed E-state index contributed by atoms with van der Waals surface area (Å²) in [6.45, 7) is 0. The van der Waals surface area contributed by atoms with Gasteiger partial charge in [0.25, 0.3) is 0 Å². The Balaban J connectivity index is 2.20. The van der Waals surface area contributed by atoms with Crippen LogP contribution in [0.15, 0.2) is 42.5 Å². The summed E-state index contributed by atoms with van der Waals surface area (Å²) in [7, 11) is 0. The van der Waals surface area contributed by atoms with E-state index >= 15 is 0 Å². The molecule has 1 unspecified atom stereocenters. The molecule has 2 aromatic rings. The smallest absolute Gasteiger partial charge is 0.307 e. The molecule has 1 N–H and O–H groups in total. The number of aliphatic carboxylic acids is 1. The quantitative estimate of drug-likeness (QED) is 0.870. The molecule has 1 atom stereocenters. The van der Waals surface area contributed by atoms with Gasteiger partial charge in [-0.15, -0.1) is 0 Å². The third-order valence-electron chi connectivity index (χ3n) is 3.26. The van der Waals surface area contributed by atoms with E-state index in [1.54, 1.807) is 30.3 Å². The zero-order valence-electron chi connectivity index (χ0n) is 11.0. The molecule has 21 heavy (non-hydrogen) atoms. The summed E-state index contributed by atoms with van der Waals surface area (Å²) in [6, 6.07) is 11.3. The largest absolute Gasteiger partial charge is 0.481 e. The van der Waals surface area contributed by atoms with Crippen molar-refractivity contribution >= 4 is 29.2 Å². The van der Waals surface area contributed by atoms with E-state index in [9.17, 15) is 14.3 Å². The van der Waals surface area contributed by atoms with Gasteiger partial charge in [0.1, 0.15) is 5.82 Å². The molecular weight excluding hydrogens is 314 g/mol. The molecule has 0 bridgehead atoms. The molecule has 5 heteroatoms. The van der Waals surface area contributed by atoms with Crippen LogP contribution in [-0.4, -0.2) is 11.1 Å². The van der Waals surface area contributed by atoms with Crippen LogP contribution in [0.3, 0.4) is 0 Å². The standard InChI is InChI=1S/C16H13Cl2FO2/c17-12-6-4-10(5-7-12)8-11(16(20)21)9-13-14(18)2-1-3-15(13)19/h1-7,11H,8-9H2,(H,20,21). The number of hydrogen-bond donors (Lipinski definition) is 1. The molecule has 0 spiro atoms. The second-order valence-electron chi connectivity index (χ2n) is 4.77. The lowest BCUT2D eigenvalue weighted by Crippen LogP contribution is -2.20. The van der Waals surface area contributed by atoms with Crippen LogP contribution in [0.5, 0.6) is 0 Å². The van der Waals surface area contributed by atoms with Crippen molar-refractivity contribution in [3.05, 3.63) is 69.5 Å². The first-order valence-electron chi connectivity index (χ1n) is 6.37. The minimum atomic E-state index is -0.982. The van der Waals surface area contributed by atoms with Crippen molar-refractivity contribution in [3.8, 4) is 0 Å². The Bertz CT molecular complexity index is 621. The van der Waals surface area contributed by atoms with Crippen LogP contribution in [0.4, 0.5) is 4.39 Å². The SMILES string of the molecule is O=C(O)C(Cc1ccc(Cl)cc1)Cc1c(F)cccc1Cl. The molecule has 0 aliphatic heterocycles. The molecule has 0 amide bonds. The number of hydrogen-bond acceptors (Lipinski definition) is 1. The normalized spacial score (nSPS) is 12.1. The second kappa shape index (κ2) is 6.92. The molecule has 0 saturated heterocycles. The van der Waals surface area contributed by atoms with Gasteiger partial charge in [-0.3, -0.25) is 4.79 Å². The van der Waals surface area contributed by atoms with Crippen LogP contribution in [0.2, 0.25) is 10.0 Å². The van der Waals surface area contributed by atoms with E-state index < -0.39 is 17.7 Å². The Morgan fingerprint density at radius 2 is 1.76 bits per heavy atom. The molecule has 2 nitrogen and oxygen atoms in total. The fourth-order valence-electron chi connectivity index (χ4n) is 2.13. The van der Waals surface area contributed by atoms with E-state index in [1.807, 2.05) is 0 Å². The topological polar surface area (TPSA) is 37.3 Å². The predicted octanol–water partition coefficient (Wildman–Crippen LogP) is 4.62. The summed E-state index contributed by atoms with van der Waals surface area (Å²) in [5, 5.41) is 10.2. The van der Waals surface area contributed by atoms with Gasteiger partial charge in [-0.05, 0) is 42.7 Å². The summed E-state index contributed by atoms with van der Waals surface area (Å²) >= 11 is 11.8. The van der Waals surface area contributed by atoms with Crippen LogP contribution in [0.25, 0.3) is 0 Å². The molecule has 0 aliphatic rings. The Kier molecular flexibility index (Phi) is 5.21. The summed E-state index contributed by atoms with van der Waals surface area (Å²) in [5.41, 5.74) is 1.07. The fourth-order valence-corrected chi connectivity index (χ4v) is 2.49. The van der Waals surface area contributed by atoms with Crippen molar-refractivity contribution in [2.45, 2.75) is 12.8 Å². The van der Waals surface area contributed by atoms with E-state index in [2.05, 4.69) is 0 Å². The number of halogens is 3. The zero-order valence-corrected chi connectivity index (χ0v) is 12.5. The summed E-state index contributed by atoms with van der Waals surface area (Å²) < 4.78 is 13.8. The van der Waals surface area contributed by atoms with Gasteiger partial charge in [0, 0.05) is 15.6 Å². The molecule has 110 valence electrons. The molecule has 0 fully saturated rings. The van der Waals surface area contributed by atoms with Crippen LogP contribution >= 0.6 is 23.2 Å². The fraction of sp³-hybridized carbons (Fsp3) is 0.188. The van der Waals surface area contributed by atoms with Crippen molar-refractivity contribution in [2.24, 2.45) is 5.92 Å². The van der Waals surface area contributed by atoms with Gasteiger partial charge in [0.2, 0.25) is 0 Å². The average molecular weight is 327 g/mol. The highest BCUT2D eigenvalue weighted by Crippen LogP contribution is 2.24. The molecule has 0 radical (unpaired) electrons. The second-order valence-corrected chi connectivity index (χ2v) is 5.61. The number of benzene rings is 2. The summed E-state index contributed by atoms with van der Waals surface area (Å²) in [4.78, 5) is 11.4. The van der Waals surface area contributed by atoms with Gasteiger partial charge in [0.15, 0.2) is 0 Å². The van der Waals surface area contributed by atoms with Crippen LogP contribution in [0.1, 0.15) is 11.1 Å². The highest BCUT2D eigenvalue weighted by atomic mass is 35.5. The molecular formula is C16H13Cl2FO2. The first-order chi connectivity index (χ1) is 9.97. The van der Waals surface area contributed by atoms with E-state index in [4.69, 9.17) is 23.2 Å². The lowest BCUT2D eigenvalue weighted by Gasteiger charge is -2.14. The van der Waals surface area contributed by atoms with E-state index in [0.717, 1.165) is 5.56 Å². The molecule has 0 saturated carbocycles. The molecule has 0 heterocycles. The lowest BCUT2D eigenvalue weighted by atomic mass is 9.92. The zero-order chi connectivity index (χ0) is 15.4. The van der Waals surface area contributed by atoms with Gasteiger partial charge in [-0.1, -0.05) is 41.4 Å². The first-order valence-corrected chi connectivity index (χ1v) is 7.13. The maximum Gasteiger partial charge on any atom is 0.307 e. The highest BCUT2D eigenvalue weighted by Gasteiger charge is 2.21. The van der Waals surface area contributed by atoms with E-state index in [-0.39, 0.29) is 23.4 Å². The molecule has 2 rings (SSSR count). The van der Waals surface area contributed by atoms with Gasteiger partial charge < -0.3 is 5.11 Å². The van der Waals surface area contributed by atoms with Crippen molar-refractivity contribution in [1.82, 2.24) is 0 Å². The third-order valence-corrected chi connectivity index (χ3v) is 3.86. The third kappa shape index (κ3) is 4.19. The maximum absolute atomic E-state index is 13.8.